The highest BCUT2D eigenvalue weighted by Gasteiger charge is 2.53. The first-order chi connectivity index (χ1) is 34.9. The number of aliphatic hydroxyl groups excluding tert-OH is 4. The normalized spacial score (nSPS) is 14.7. The lowest BCUT2D eigenvalue weighted by Gasteiger charge is -2.45. The van der Waals surface area contributed by atoms with Gasteiger partial charge in [-0.15, -0.1) is 0 Å². The van der Waals surface area contributed by atoms with Crippen molar-refractivity contribution in [2.75, 3.05) is 25.5 Å². The maximum Gasteiger partial charge on any atom is 0.332 e. The number of carbonyl (C=O) groups excluding carboxylic acids is 2. The van der Waals surface area contributed by atoms with Gasteiger partial charge in [0, 0.05) is 18.7 Å². The van der Waals surface area contributed by atoms with E-state index in [-0.39, 0.29) is 31.6 Å². The van der Waals surface area contributed by atoms with Crippen LogP contribution in [0.5, 0.6) is 0 Å². The van der Waals surface area contributed by atoms with E-state index in [1.807, 2.05) is 0 Å². The Balaban J connectivity index is 6.12. The molecule has 428 valence electrons. The van der Waals surface area contributed by atoms with E-state index in [1.54, 1.807) is 0 Å². The molecular weight excluding hydrogens is 923 g/mol. The first-order valence-electron chi connectivity index (χ1n) is 30.8. The monoisotopic (exact) mass is 1040 g/mol. The number of hydrogen-bond donors (Lipinski definition) is 8. The smallest absolute Gasteiger partial charge is 0.332 e. The van der Waals surface area contributed by atoms with Gasteiger partial charge in [0.15, 0.2) is 5.54 Å². The van der Waals surface area contributed by atoms with E-state index >= 15 is 0 Å². The third-order valence-electron chi connectivity index (χ3n) is 15.5. The van der Waals surface area contributed by atoms with Crippen molar-refractivity contribution in [3.8, 4) is 0 Å². The summed E-state index contributed by atoms with van der Waals surface area (Å²) in [6, 6.07) is -1.55. The van der Waals surface area contributed by atoms with Crippen molar-refractivity contribution in [2.24, 2.45) is 5.73 Å². The molecule has 8 N–H and O–H groups in total. The van der Waals surface area contributed by atoms with Gasteiger partial charge >= 0.3 is 5.97 Å². The highest BCUT2D eigenvalue weighted by atomic mass is 32.1. The van der Waals surface area contributed by atoms with E-state index in [2.05, 4.69) is 38.7 Å². The summed E-state index contributed by atoms with van der Waals surface area (Å²) in [5.41, 5.74) is 2.62. The minimum atomic E-state index is -1.98. The second kappa shape index (κ2) is 49.2. The summed E-state index contributed by atoms with van der Waals surface area (Å²) in [5, 5.41) is 56.7. The van der Waals surface area contributed by atoms with Crippen molar-refractivity contribution >= 4 is 30.4 Å². The molecule has 2 amide bonds. The lowest BCUT2D eigenvalue weighted by atomic mass is 9.81. The average molecular weight is 1040 g/mol. The molecule has 0 fully saturated rings. The largest absolute Gasteiger partial charge is 0.479 e. The third kappa shape index (κ3) is 34.3. The van der Waals surface area contributed by atoms with Gasteiger partial charge in [-0.3, -0.25) is 9.59 Å². The molecule has 5 atom stereocenters. The number of nitrogens with zero attached hydrogens (tertiary/aromatic N) is 1. The van der Waals surface area contributed by atoms with Gasteiger partial charge in [0.1, 0.15) is 11.6 Å². The molecule has 0 aliphatic carbocycles. The second-order valence-electron chi connectivity index (χ2n) is 22.1. The second-order valence-corrected chi connectivity index (χ2v) is 22.4. The minimum Gasteiger partial charge on any atom is -0.479 e. The molecule has 0 aromatic carbocycles. The van der Waals surface area contributed by atoms with E-state index in [1.165, 1.54) is 185 Å². The van der Waals surface area contributed by atoms with E-state index in [4.69, 9.17) is 5.73 Å². The zero-order valence-corrected chi connectivity index (χ0v) is 48.2. The molecule has 0 aliphatic rings. The number of hydrogen-bond acceptors (Lipinski definition) is 9. The molecule has 0 saturated heterocycles. The average Bonchev–Trinajstić information content (AvgIpc) is 3.37. The van der Waals surface area contributed by atoms with Gasteiger partial charge in [-0.05, 0) is 19.3 Å². The molecular formula is C60H119N3O8S. The zero-order chi connectivity index (χ0) is 53.4. The predicted molar refractivity (Wildman–Crippen MR) is 306 cm³/mol. The summed E-state index contributed by atoms with van der Waals surface area (Å²) in [7, 11) is 0. The van der Waals surface area contributed by atoms with E-state index < -0.39 is 60.3 Å². The Morgan fingerprint density at radius 1 is 0.500 bits per heavy atom. The van der Waals surface area contributed by atoms with Gasteiger partial charge in [0.25, 0.3) is 0 Å². The lowest BCUT2D eigenvalue weighted by Crippen LogP contribution is -2.68. The van der Waals surface area contributed by atoms with Gasteiger partial charge in [0.05, 0.1) is 25.4 Å². The number of rotatable bonds is 56. The highest BCUT2D eigenvalue weighted by Crippen LogP contribution is 2.33. The molecule has 11 nitrogen and oxygen atoms in total. The lowest BCUT2D eigenvalue weighted by molar-refractivity contribution is -0.172. The SMILES string of the molecule is CCCCCCCCCCCCCCCCC(O)[C@@](CCCCCCCCCCCCCCCC)(C(=O)O)N(CCCCCCCCCCCCCCCC)C(=O)[C@H](CO)NC(=O)[C@@](N)(CS)CC(O)CO. The van der Waals surface area contributed by atoms with Crippen LogP contribution in [-0.4, -0.2) is 103 Å². The van der Waals surface area contributed by atoms with E-state index in [9.17, 15) is 39.9 Å². The summed E-state index contributed by atoms with van der Waals surface area (Å²) >= 11 is 4.26. The Bertz CT molecular complexity index is 1250. The fourth-order valence-electron chi connectivity index (χ4n) is 10.6. The summed E-state index contributed by atoms with van der Waals surface area (Å²) in [5.74, 6) is -3.13. The quantitative estimate of drug-likeness (QED) is 0.0216. The Morgan fingerprint density at radius 2 is 0.819 bits per heavy atom. The van der Waals surface area contributed by atoms with Crippen LogP contribution in [0, 0.1) is 0 Å². The molecule has 0 heterocycles. The standard InChI is InChI=1S/C60H119N3O8S/c1-4-7-10-13-16-19-22-25-28-31-34-37-40-43-46-55(67)60(58(70)71,47-44-41-38-35-32-29-26-23-20-17-14-11-8-5-2)63(48-45-42-39-36-33-30-27-24-21-18-15-12-9-6-3)56(68)54(51-65)62-57(69)59(61,52-72)49-53(66)50-64/h53-55,64-67,72H,4-52,61H2,1-3H3,(H,62,69)(H,70,71)/t53?,54-,55?,59-,60-/m0/s1. The zero-order valence-electron chi connectivity index (χ0n) is 47.3. The Kier molecular flexibility index (Phi) is 48.2. The summed E-state index contributed by atoms with van der Waals surface area (Å²) in [6.45, 7) is 5.34. The molecule has 0 aromatic heterocycles. The topological polar surface area (TPSA) is 194 Å². The number of aliphatic carboxylic acids is 1. The van der Waals surface area contributed by atoms with Gasteiger partial charge in [-0.2, -0.15) is 12.6 Å². The van der Waals surface area contributed by atoms with Crippen LogP contribution < -0.4 is 11.1 Å². The number of amides is 2. The molecule has 0 spiro atoms. The third-order valence-corrected chi connectivity index (χ3v) is 16.0. The van der Waals surface area contributed by atoms with Crippen LogP contribution >= 0.6 is 12.6 Å². The Labute approximate surface area is 449 Å². The molecule has 0 rings (SSSR count). The Morgan fingerprint density at radius 3 is 1.12 bits per heavy atom. The summed E-state index contributed by atoms with van der Waals surface area (Å²) in [6.07, 6.45) is 45.6. The van der Waals surface area contributed by atoms with Crippen molar-refractivity contribution < 1.29 is 39.9 Å². The minimum absolute atomic E-state index is 0.0491. The van der Waals surface area contributed by atoms with E-state index in [0.717, 1.165) is 70.6 Å². The molecule has 0 saturated carbocycles. The van der Waals surface area contributed by atoms with Crippen molar-refractivity contribution in [3.63, 3.8) is 0 Å². The number of thiol groups is 1. The number of carbonyl (C=O) groups is 3. The van der Waals surface area contributed by atoms with Crippen molar-refractivity contribution in [1.29, 1.82) is 0 Å². The van der Waals surface area contributed by atoms with Gasteiger partial charge in [0.2, 0.25) is 11.8 Å². The van der Waals surface area contributed by atoms with Gasteiger partial charge < -0.3 is 41.5 Å². The van der Waals surface area contributed by atoms with E-state index in [0.29, 0.717) is 19.3 Å². The molecule has 0 aliphatic heterocycles. The van der Waals surface area contributed by atoms with Crippen LogP contribution in [0.4, 0.5) is 0 Å². The number of carboxylic acid groups (broad SMARTS) is 1. The number of aliphatic hydroxyl groups is 4. The van der Waals surface area contributed by atoms with Crippen LogP contribution in [0.25, 0.3) is 0 Å². The number of nitrogens with two attached hydrogens (primary N) is 1. The number of unbranched alkanes of at least 4 members (excludes halogenated alkanes) is 39. The molecule has 72 heavy (non-hydrogen) atoms. The van der Waals surface area contributed by atoms with Crippen LogP contribution in [0.15, 0.2) is 0 Å². The van der Waals surface area contributed by atoms with Gasteiger partial charge in [-0.1, -0.05) is 284 Å². The summed E-state index contributed by atoms with van der Waals surface area (Å²) < 4.78 is 0. The molecule has 12 heteroatoms. The van der Waals surface area contributed by atoms with Crippen LogP contribution in [0.2, 0.25) is 0 Å². The molecule has 2 unspecified atom stereocenters. The number of nitrogens with one attached hydrogen (secondary N) is 1. The first-order valence-corrected chi connectivity index (χ1v) is 31.4. The first kappa shape index (κ1) is 70.6. The number of carboxylic acids is 1. The van der Waals surface area contributed by atoms with Crippen molar-refractivity contribution in [3.05, 3.63) is 0 Å². The molecule has 0 radical (unpaired) electrons. The summed E-state index contributed by atoms with van der Waals surface area (Å²) in [4.78, 5) is 43.9. The predicted octanol–water partition coefficient (Wildman–Crippen LogP) is 14.1. The van der Waals surface area contributed by atoms with Crippen LogP contribution in [-0.2, 0) is 14.4 Å². The molecule has 0 aromatic rings. The fourth-order valence-corrected chi connectivity index (χ4v) is 10.8. The van der Waals surface area contributed by atoms with Crippen LogP contribution in [0.3, 0.4) is 0 Å². The molecule has 0 bridgehead atoms. The maximum absolute atomic E-state index is 14.9. The Hall–Kier alpha value is -1.44. The van der Waals surface area contributed by atoms with Crippen LogP contribution in [0.1, 0.15) is 310 Å². The fraction of sp³-hybridized carbons (Fsp3) is 0.950. The van der Waals surface area contributed by atoms with Gasteiger partial charge in [-0.25, -0.2) is 4.79 Å². The highest BCUT2D eigenvalue weighted by molar-refractivity contribution is 7.80. The maximum atomic E-state index is 14.9. The van der Waals surface area contributed by atoms with Crippen molar-refractivity contribution in [1.82, 2.24) is 10.2 Å². The van der Waals surface area contributed by atoms with Crippen molar-refractivity contribution in [2.45, 2.75) is 339 Å².